The fraction of sp³-hybridized carbons (Fsp3) is 0.538. The third-order valence-corrected chi connectivity index (χ3v) is 4.64. The number of carboxylic acids is 4. The lowest BCUT2D eigenvalue weighted by molar-refractivity contribution is -0.132. The van der Waals surface area contributed by atoms with Gasteiger partial charge in [-0.1, -0.05) is 71.8 Å². The molecule has 0 heterocycles. The highest BCUT2D eigenvalue weighted by Gasteiger charge is 2.36. The molecule has 0 bridgehead atoms. The van der Waals surface area contributed by atoms with Crippen LogP contribution in [-0.2, 0) is 19.2 Å². The van der Waals surface area contributed by atoms with Crippen LogP contribution in [-0.4, -0.2) is 91.2 Å². The van der Waals surface area contributed by atoms with E-state index in [-0.39, 0.29) is 32.3 Å². The fourth-order valence-corrected chi connectivity index (χ4v) is 2.30. The first-order valence-electron chi connectivity index (χ1n) is 11.6. The zero-order valence-corrected chi connectivity index (χ0v) is 22.2. The predicted octanol–water partition coefficient (Wildman–Crippen LogP) is 2.34. The number of aliphatic hydroxyl groups excluding tert-OH is 4. The molecule has 0 aliphatic rings. The van der Waals surface area contributed by atoms with E-state index in [1.165, 1.54) is 25.7 Å². The van der Waals surface area contributed by atoms with Crippen LogP contribution < -0.4 is 0 Å². The van der Waals surface area contributed by atoms with Crippen molar-refractivity contribution in [2.75, 3.05) is 26.4 Å². The van der Waals surface area contributed by atoms with Crippen molar-refractivity contribution in [2.24, 2.45) is 11.3 Å². The second kappa shape index (κ2) is 33.7. The second-order valence-electron chi connectivity index (χ2n) is 7.44. The van der Waals surface area contributed by atoms with Gasteiger partial charge in [0.2, 0.25) is 0 Å². The van der Waals surface area contributed by atoms with E-state index in [0.717, 1.165) is 43.6 Å². The van der Waals surface area contributed by atoms with Crippen LogP contribution in [0.3, 0.4) is 0 Å². The maximum Gasteiger partial charge on any atom is 0.327 e. The summed E-state index contributed by atoms with van der Waals surface area (Å²) in [6.07, 6.45) is 11.1. The molecule has 0 saturated heterocycles. The molecular formula is C26H46O12. The Labute approximate surface area is 224 Å². The highest BCUT2D eigenvalue weighted by molar-refractivity contribution is 5.79. The molecule has 0 rings (SSSR count). The summed E-state index contributed by atoms with van der Waals surface area (Å²) in [4.78, 5) is 37.0. The standard InChI is InChI=1S/C14H30O4.4C3H4O2/c1-2-3-4-5-6-7-8-13(9-15)14(10-16,11-17)12-18;4*1-2-3(4)5/h13,15-18H,2-12H2,1H3;4*2H,1H2,(H,4,5). The van der Waals surface area contributed by atoms with Crippen molar-refractivity contribution in [2.45, 2.75) is 51.9 Å². The minimum atomic E-state index is -0.981. The van der Waals surface area contributed by atoms with Crippen LogP contribution in [0.2, 0.25) is 0 Å². The van der Waals surface area contributed by atoms with Crippen molar-refractivity contribution >= 4 is 23.9 Å². The van der Waals surface area contributed by atoms with Crippen LogP contribution in [0, 0.1) is 11.3 Å². The molecule has 0 amide bonds. The summed E-state index contributed by atoms with van der Waals surface area (Å²) >= 11 is 0. The molecule has 0 aromatic rings. The third-order valence-electron chi connectivity index (χ3n) is 4.64. The minimum Gasteiger partial charge on any atom is -0.478 e. The number of aliphatic carboxylic acids is 4. The van der Waals surface area contributed by atoms with Gasteiger partial charge < -0.3 is 40.9 Å². The third kappa shape index (κ3) is 37.2. The van der Waals surface area contributed by atoms with Crippen LogP contribution in [0.1, 0.15) is 51.9 Å². The molecule has 0 aliphatic carbocycles. The largest absolute Gasteiger partial charge is 0.478 e. The summed E-state index contributed by atoms with van der Waals surface area (Å²) in [7, 11) is 0. The van der Waals surface area contributed by atoms with E-state index in [1.54, 1.807) is 0 Å². The van der Waals surface area contributed by atoms with Crippen molar-refractivity contribution in [3.05, 3.63) is 50.6 Å². The summed E-state index contributed by atoms with van der Waals surface area (Å²) < 4.78 is 0. The van der Waals surface area contributed by atoms with Crippen molar-refractivity contribution in [3.63, 3.8) is 0 Å². The summed E-state index contributed by atoms with van der Waals surface area (Å²) in [5, 5.41) is 67.7. The van der Waals surface area contributed by atoms with E-state index >= 15 is 0 Å². The highest BCUT2D eigenvalue weighted by Crippen LogP contribution is 2.30. The quantitative estimate of drug-likeness (QED) is 0.102. The molecule has 1 atom stereocenters. The number of carboxylic acid groups (broad SMARTS) is 4. The number of aliphatic hydroxyl groups is 4. The van der Waals surface area contributed by atoms with E-state index in [0.29, 0.717) is 0 Å². The lowest BCUT2D eigenvalue weighted by atomic mass is 9.75. The summed E-state index contributed by atoms with van der Waals surface area (Å²) in [5.41, 5.74) is -0.946. The zero-order chi connectivity index (χ0) is 31.0. The molecule has 0 spiro atoms. The van der Waals surface area contributed by atoms with Gasteiger partial charge in [0.15, 0.2) is 0 Å². The molecule has 0 aromatic heterocycles. The Kier molecular flexibility index (Phi) is 39.6. The Morgan fingerprint density at radius 2 is 0.868 bits per heavy atom. The van der Waals surface area contributed by atoms with E-state index in [9.17, 15) is 39.6 Å². The molecule has 222 valence electrons. The van der Waals surface area contributed by atoms with Gasteiger partial charge in [-0.05, 0) is 12.3 Å². The van der Waals surface area contributed by atoms with Gasteiger partial charge in [-0.25, -0.2) is 19.2 Å². The highest BCUT2D eigenvalue weighted by atomic mass is 16.4. The van der Waals surface area contributed by atoms with Gasteiger partial charge in [0, 0.05) is 36.3 Å². The number of carbonyl (C=O) groups is 4. The predicted molar refractivity (Wildman–Crippen MR) is 144 cm³/mol. The van der Waals surface area contributed by atoms with Crippen LogP contribution in [0.4, 0.5) is 0 Å². The van der Waals surface area contributed by atoms with Gasteiger partial charge in [-0.15, -0.1) is 0 Å². The van der Waals surface area contributed by atoms with E-state index in [1.807, 2.05) is 0 Å². The maximum absolute atomic E-state index is 9.36. The van der Waals surface area contributed by atoms with Crippen LogP contribution in [0.15, 0.2) is 50.6 Å². The Bertz CT molecular complexity index is 574. The van der Waals surface area contributed by atoms with Crippen molar-refractivity contribution in [1.29, 1.82) is 0 Å². The minimum absolute atomic E-state index is 0.101. The van der Waals surface area contributed by atoms with Gasteiger partial charge in [0.25, 0.3) is 0 Å². The molecule has 0 radical (unpaired) electrons. The SMILES string of the molecule is C=CC(=O)O.C=CC(=O)O.C=CC(=O)O.C=CC(=O)O.CCCCCCCCC(CO)C(CO)(CO)CO. The summed E-state index contributed by atoms with van der Waals surface area (Å²) in [6.45, 7) is 13.1. The maximum atomic E-state index is 9.36. The molecule has 0 fully saturated rings. The Balaban J connectivity index is -0.000000147. The lowest BCUT2D eigenvalue weighted by Gasteiger charge is -2.35. The Morgan fingerprint density at radius 1 is 0.605 bits per heavy atom. The summed E-state index contributed by atoms with van der Waals surface area (Å²) in [6, 6.07) is 0. The average molecular weight is 551 g/mol. The first-order valence-corrected chi connectivity index (χ1v) is 11.6. The molecular weight excluding hydrogens is 504 g/mol. The van der Waals surface area contributed by atoms with Crippen molar-refractivity contribution in [3.8, 4) is 0 Å². The fourth-order valence-electron chi connectivity index (χ4n) is 2.30. The molecule has 1 unspecified atom stereocenters. The Hall–Kier alpha value is -3.32. The number of hydrogen-bond acceptors (Lipinski definition) is 8. The molecule has 8 N–H and O–H groups in total. The van der Waals surface area contributed by atoms with Gasteiger partial charge >= 0.3 is 23.9 Å². The molecule has 12 heteroatoms. The van der Waals surface area contributed by atoms with E-state index in [4.69, 9.17) is 20.4 Å². The first kappa shape index (κ1) is 44.7. The topological polar surface area (TPSA) is 230 Å². The molecule has 12 nitrogen and oxygen atoms in total. The lowest BCUT2D eigenvalue weighted by Crippen LogP contribution is -2.43. The van der Waals surface area contributed by atoms with Crippen LogP contribution >= 0.6 is 0 Å². The first-order chi connectivity index (χ1) is 17.8. The van der Waals surface area contributed by atoms with Gasteiger partial charge in [-0.3, -0.25) is 0 Å². The van der Waals surface area contributed by atoms with Gasteiger partial charge in [-0.2, -0.15) is 0 Å². The van der Waals surface area contributed by atoms with Gasteiger partial charge in [0.05, 0.1) is 19.8 Å². The monoisotopic (exact) mass is 550 g/mol. The molecule has 0 aromatic carbocycles. The van der Waals surface area contributed by atoms with Crippen molar-refractivity contribution in [1.82, 2.24) is 0 Å². The average Bonchev–Trinajstić information content (AvgIpc) is 2.91. The smallest absolute Gasteiger partial charge is 0.327 e. The van der Waals surface area contributed by atoms with Crippen LogP contribution in [0.25, 0.3) is 0 Å². The number of unbranched alkanes of at least 4 members (excludes halogenated alkanes) is 5. The normalized spacial score (nSPS) is 9.92. The van der Waals surface area contributed by atoms with E-state index < -0.39 is 29.3 Å². The summed E-state index contributed by atoms with van der Waals surface area (Å²) in [5.74, 6) is -4.16. The Morgan fingerprint density at radius 3 is 1.08 bits per heavy atom. The van der Waals surface area contributed by atoms with Crippen molar-refractivity contribution < 1.29 is 60.0 Å². The van der Waals surface area contributed by atoms with E-state index in [2.05, 4.69) is 33.2 Å². The van der Waals surface area contributed by atoms with Crippen LogP contribution in [0.5, 0.6) is 0 Å². The molecule has 0 saturated carbocycles. The number of rotatable bonds is 16. The zero-order valence-electron chi connectivity index (χ0n) is 22.2. The molecule has 38 heavy (non-hydrogen) atoms. The van der Waals surface area contributed by atoms with Gasteiger partial charge in [0.1, 0.15) is 0 Å². The molecule has 0 aliphatic heterocycles. The second-order valence-corrected chi connectivity index (χ2v) is 7.44. The number of hydrogen-bond donors (Lipinski definition) is 8.